The number of ketones is 1. The molecule has 2 atom stereocenters. The molecule has 0 aromatic heterocycles. The summed E-state index contributed by atoms with van der Waals surface area (Å²) in [4.78, 5) is 27.2. The van der Waals surface area contributed by atoms with Crippen LogP contribution in [0.5, 0.6) is 0 Å². The summed E-state index contributed by atoms with van der Waals surface area (Å²) in [7, 11) is 0. The first kappa shape index (κ1) is 19.3. The van der Waals surface area contributed by atoms with Crippen LogP contribution in [0.25, 0.3) is 5.76 Å². The van der Waals surface area contributed by atoms with E-state index in [4.69, 9.17) is 4.74 Å². The molecule has 5 nitrogen and oxygen atoms in total. The zero-order valence-electron chi connectivity index (χ0n) is 16.1. The Kier molecular flexibility index (Phi) is 5.20. The largest absolute Gasteiger partial charge is 0.507 e. The Morgan fingerprint density at radius 1 is 1.14 bits per heavy atom. The molecular formula is C23H22FNO4. The molecule has 2 aliphatic rings. The molecule has 6 heteroatoms. The molecule has 1 amide bonds. The molecule has 150 valence electrons. The number of carbonyl (C=O) groups excluding carboxylic acids is 2. The van der Waals surface area contributed by atoms with E-state index in [9.17, 15) is 19.1 Å². The lowest BCUT2D eigenvalue weighted by atomic mass is 9.95. The van der Waals surface area contributed by atoms with Gasteiger partial charge < -0.3 is 14.7 Å². The highest BCUT2D eigenvalue weighted by molar-refractivity contribution is 6.46. The maximum absolute atomic E-state index is 13.5. The first-order valence-corrected chi connectivity index (χ1v) is 9.68. The summed E-state index contributed by atoms with van der Waals surface area (Å²) >= 11 is 0. The molecule has 0 saturated carbocycles. The van der Waals surface area contributed by atoms with Crippen molar-refractivity contribution in [3.8, 4) is 0 Å². The van der Waals surface area contributed by atoms with Crippen LogP contribution in [0.2, 0.25) is 0 Å². The maximum atomic E-state index is 13.5. The van der Waals surface area contributed by atoms with E-state index in [0.717, 1.165) is 18.4 Å². The van der Waals surface area contributed by atoms with Gasteiger partial charge in [-0.3, -0.25) is 9.59 Å². The highest BCUT2D eigenvalue weighted by atomic mass is 19.1. The number of ether oxygens (including phenoxy) is 1. The lowest BCUT2D eigenvalue weighted by Gasteiger charge is -2.27. The van der Waals surface area contributed by atoms with Crippen LogP contribution in [-0.4, -0.2) is 41.0 Å². The van der Waals surface area contributed by atoms with Gasteiger partial charge in [-0.15, -0.1) is 0 Å². The van der Waals surface area contributed by atoms with Crippen molar-refractivity contribution in [2.75, 3.05) is 13.2 Å². The Bertz CT molecular complexity index is 959. The molecule has 4 rings (SSSR count). The first-order chi connectivity index (χ1) is 14.0. The topological polar surface area (TPSA) is 66.8 Å². The molecule has 1 N–H and O–H groups in total. The molecule has 2 aromatic carbocycles. The first-order valence-electron chi connectivity index (χ1n) is 9.68. The monoisotopic (exact) mass is 395 g/mol. The van der Waals surface area contributed by atoms with E-state index in [2.05, 4.69) is 0 Å². The summed E-state index contributed by atoms with van der Waals surface area (Å²) in [5.41, 5.74) is 2.05. The molecule has 0 radical (unpaired) electrons. The zero-order valence-corrected chi connectivity index (χ0v) is 16.1. The van der Waals surface area contributed by atoms with E-state index in [1.54, 1.807) is 12.1 Å². The number of Topliss-reactive ketones (excluding diaryl/α,β-unsaturated/α-hetero) is 1. The number of aliphatic hydroxyl groups is 1. The smallest absolute Gasteiger partial charge is 0.295 e. The molecule has 29 heavy (non-hydrogen) atoms. The van der Waals surface area contributed by atoms with E-state index in [0.29, 0.717) is 17.7 Å². The summed E-state index contributed by atoms with van der Waals surface area (Å²) in [5, 5.41) is 10.9. The Labute approximate surface area is 168 Å². The minimum absolute atomic E-state index is 0.0171. The number of rotatable bonds is 4. The molecule has 0 bridgehead atoms. The second kappa shape index (κ2) is 7.79. The molecule has 0 unspecified atom stereocenters. The van der Waals surface area contributed by atoms with Gasteiger partial charge in [0.25, 0.3) is 11.7 Å². The van der Waals surface area contributed by atoms with Gasteiger partial charge in [-0.05, 0) is 37.5 Å². The number of hydrogen-bond donors (Lipinski definition) is 1. The lowest BCUT2D eigenvalue weighted by molar-refractivity contribution is -0.140. The molecule has 2 aromatic rings. The minimum Gasteiger partial charge on any atom is -0.507 e. The molecule has 2 fully saturated rings. The molecule has 0 spiro atoms. The van der Waals surface area contributed by atoms with Gasteiger partial charge in [-0.1, -0.05) is 42.0 Å². The van der Waals surface area contributed by atoms with E-state index >= 15 is 0 Å². The van der Waals surface area contributed by atoms with Crippen molar-refractivity contribution in [1.82, 2.24) is 4.90 Å². The fraction of sp³-hybridized carbons (Fsp3) is 0.304. The standard InChI is InChI=1S/C23H22FNO4/c1-14-4-6-16(7-5-14)21(26)19-20(15-8-10-17(24)11-9-15)25(23(28)22(19)27)13-18-3-2-12-29-18/h4-11,18,20,26H,2-3,12-13H2,1H3/t18-,20-/m0/s1. The number of carbonyl (C=O) groups is 2. The molecule has 2 heterocycles. The quantitative estimate of drug-likeness (QED) is 0.487. The van der Waals surface area contributed by atoms with Gasteiger partial charge in [-0.2, -0.15) is 0 Å². The van der Waals surface area contributed by atoms with Gasteiger partial charge in [0.2, 0.25) is 0 Å². The Balaban J connectivity index is 1.81. The second-order valence-electron chi connectivity index (χ2n) is 7.50. The van der Waals surface area contributed by atoms with Crippen LogP contribution in [0, 0.1) is 12.7 Å². The van der Waals surface area contributed by atoms with Gasteiger partial charge in [0.05, 0.1) is 17.7 Å². The van der Waals surface area contributed by atoms with E-state index in [1.165, 1.54) is 29.2 Å². The van der Waals surface area contributed by atoms with E-state index in [1.807, 2.05) is 19.1 Å². The number of likely N-dealkylation sites (tertiary alicyclic amines) is 1. The number of aryl methyl sites for hydroxylation is 1. The average molecular weight is 395 g/mol. The van der Waals surface area contributed by atoms with Crippen molar-refractivity contribution >= 4 is 17.4 Å². The fourth-order valence-corrected chi connectivity index (χ4v) is 3.93. The highest BCUT2D eigenvalue weighted by Crippen LogP contribution is 2.40. The Morgan fingerprint density at radius 3 is 2.45 bits per heavy atom. The van der Waals surface area contributed by atoms with Crippen molar-refractivity contribution in [3.05, 3.63) is 76.6 Å². The predicted octanol–water partition coefficient (Wildman–Crippen LogP) is 3.73. The maximum Gasteiger partial charge on any atom is 0.295 e. The summed E-state index contributed by atoms with van der Waals surface area (Å²) in [6.07, 6.45) is 1.55. The Morgan fingerprint density at radius 2 is 1.83 bits per heavy atom. The van der Waals surface area contributed by atoms with Crippen LogP contribution in [0.4, 0.5) is 4.39 Å². The summed E-state index contributed by atoms with van der Waals surface area (Å²) in [6.45, 7) is 2.79. The van der Waals surface area contributed by atoms with Crippen molar-refractivity contribution < 1.29 is 23.8 Å². The third-order valence-corrected chi connectivity index (χ3v) is 5.48. The second-order valence-corrected chi connectivity index (χ2v) is 7.50. The van der Waals surface area contributed by atoms with Crippen molar-refractivity contribution in [2.45, 2.75) is 31.9 Å². The molecule has 2 saturated heterocycles. The number of benzene rings is 2. The number of hydrogen-bond acceptors (Lipinski definition) is 4. The zero-order chi connectivity index (χ0) is 20.5. The van der Waals surface area contributed by atoms with Crippen LogP contribution in [-0.2, 0) is 14.3 Å². The summed E-state index contributed by atoms with van der Waals surface area (Å²) in [6, 6.07) is 11.9. The molecule has 2 aliphatic heterocycles. The number of aliphatic hydroxyl groups excluding tert-OH is 1. The Hall–Kier alpha value is -2.99. The number of amides is 1. The van der Waals surface area contributed by atoms with Crippen molar-refractivity contribution in [3.63, 3.8) is 0 Å². The van der Waals surface area contributed by atoms with Crippen LogP contribution in [0.1, 0.15) is 35.6 Å². The predicted molar refractivity (Wildman–Crippen MR) is 106 cm³/mol. The van der Waals surface area contributed by atoms with Gasteiger partial charge in [0, 0.05) is 18.7 Å². The highest BCUT2D eigenvalue weighted by Gasteiger charge is 2.47. The van der Waals surface area contributed by atoms with Gasteiger partial charge in [-0.25, -0.2) is 4.39 Å². The van der Waals surface area contributed by atoms with Crippen LogP contribution < -0.4 is 0 Å². The molecule has 0 aliphatic carbocycles. The van der Waals surface area contributed by atoms with Crippen molar-refractivity contribution in [1.29, 1.82) is 0 Å². The lowest BCUT2D eigenvalue weighted by Crippen LogP contribution is -2.36. The van der Waals surface area contributed by atoms with Gasteiger partial charge in [0.1, 0.15) is 11.6 Å². The van der Waals surface area contributed by atoms with E-state index in [-0.39, 0.29) is 24.0 Å². The van der Waals surface area contributed by atoms with E-state index < -0.39 is 23.5 Å². The minimum atomic E-state index is -0.791. The average Bonchev–Trinajstić information content (AvgIpc) is 3.31. The third kappa shape index (κ3) is 3.68. The molecular weight excluding hydrogens is 373 g/mol. The van der Waals surface area contributed by atoms with Crippen molar-refractivity contribution in [2.24, 2.45) is 0 Å². The van der Waals surface area contributed by atoms with Crippen LogP contribution in [0.3, 0.4) is 0 Å². The van der Waals surface area contributed by atoms with Gasteiger partial charge >= 0.3 is 0 Å². The van der Waals surface area contributed by atoms with Gasteiger partial charge in [0.15, 0.2) is 0 Å². The van der Waals surface area contributed by atoms with Crippen LogP contribution >= 0.6 is 0 Å². The number of halogens is 1. The van der Waals surface area contributed by atoms with Crippen LogP contribution in [0.15, 0.2) is 54.1 Å². The normalized spacial score (nSPS) is 23.7. The third-order valence-electron chi connectivity index (χ3n) is 5.48. The summed E-state index contributed by atoms with van der Waals surface area (Å²) < 4.78 is 19.1. The number of nitrogens with zero attached hydrogens (tertiary/aromatic N) is 1. The fourth-order valence-electron chi connectivity index (χ4n) is 3.93. The SMILES string of the molecule is Cc1ccc(C(O)=C2C(=O)C(=O)N(C[C@@H]3CCCO3)[C@H]2c2ccc(F)cc2)cc1. The summed E-state index contributed by atoms with van der Waals surface area (Å²) in [5.74, 6) is -2.06.